The summed E-state index contributed by atoms with van der Waals surface area (Å²) < 4.78 is 10.4. The minimum atomic E-state index is -0.338. The summed E-state index contributed by atoms with van der Waals surface area (Å²) in [5.74, 6) is 1.30. The standard InChI is InChI=1S/C13H18N2O2/c1-9(2)15-11(8-14)10-5-6-12(16-3)13(7-10)17-4/h5-7,9,11,15H,1-4H3/t11-/m0/s1. The number of rotatable bonds is 5. The maximum Gasteiger partial charge on any atom is 0.161 e. The summed E-state index contributed by atoms with van der Waals surface area (Å²) in [5.41, 5.74) is 0.874. The summed E-state index contributed by atoms with van der Waals surface area (Å²) in [5, 5.41) is 12.3. The number of hydrogen-bond acceptors (Lipinski definition) is 4. The Labute approximate surface area is 102 Å². The molecule has 0 amide bonds. The molecule has 1 atom stereocenters. The lowest BCUT2D eigenvalue weighted by atomic mass is 10.1. The number of nitrogens with one attached hydrogen (secondary N) is 1. The van der Waals surface area contributed by atoms with E-state index in [1.54, 1.807) is 20.3 Å². The van der Waals surface area contributed by atoms with Gasteiger partial charge in [-0.15, -0.1) is 0 Å². The van der Waals surface area contributed by atoms with Crippen LogP contribution in [0.3, 0.4) is 0 Å². The van der Waals surface area contributed by atoms with Crippen molar-refractivity contribution in [3.8, 4) is 17.6 Å². The molecular weight excluding hydrogens is 216 g/mol. The fraction of sp³-hybridized carbons (Fsp3) is 0.462. The van der Waals surface area contributed by atoms with E-state index < -0.39 is 0 Å². The monoisotopic (exact) mass is 234 g/mol. The quantitative estimate of drug-likeness (QED) is 0.849. The van der Waals surface area contributed by atoms with E-state index in [1.807, 2.05) is 26.0 Å². The predicted molar refractivity (Wildman–Crippen MR) is 66.2 cm³/mol. The average molecular weight is 234 g/mol. The molecule has 0 aliphatic rings. The molecule has 0 saturated carbocycles. The molecule has 4 nitrogen and oxygen atoms in total. The van der Waals surface area contributed by atoms with E-state index in [4.69, 9.17) is 14.7 Å². The molecule has 0 spiro atoms. The number of methoxy groups -OCH3 is 2. The van der Waals surface area contributed by atoms with Crippen LogP contribution in [-0.4, -0.2) is 20.3 Å². The second kappa shape index (κ2) is 6.12. The van der Waals surface area contributed by atoms with Crippen LogP contribution in [0.5, 0.6) is 11.5 Å². The number of benzene rings is 1. The molecule has 1 aromatic carbocycles. The lowest BCUT2D eigenvalue weighted by molar-refractivity contribution is 0.354. The van der Waals surface area contributed by atoms with E-state index in [0.717, 1.165) is 5.56 Å². The molecule has 1 N–H and O–H groups in total. The van der Waals surface area contributed by atoms with Gasteiger partial charge in [-0.25, -0.2) is 0 Å². The molecule has 0 fully saturated rings. The van der Waals surface area contributed by atoms with E-state index >= 15 is 0 Å². The number of nitrogens with zero attached hydrogens (tertiary/aromatic N) is 1. The van der Waals surface area contributed by atoms with Gasteiger partial charge in [0.05, 0.1) is 20.3 Å². The van der Waals surface area contributed by atoms with Gasteiger partial charge < -0.3 is 9.47 Å². The summed E-state index contributed by atoms with van der Waals surface area (Å²) in [4.78, 5) is 0. The van der Waals surface area contributed by atoms with Crippen LogP contribution in [0.15, 0.2) is 18.2 Å². The largest absolute Gasteiger partial charge is 0.493 e. The Morgan fingerprint density at radius 3 is 2.29 bits per heavy atom. The first-order chi connectivity index (χ1) is 8.12. The normalized spacial score (nSPS) is 12.0. The topological polar surface area (TPSA) is 54.3 Å². The highest BCUT2D eigenvalue weighted by atomic mass is 16.5. The minimum Gasteiger partial charge on any atom is -0.493 e. The molecule has 17 heavy (non-hydrogen) atoms. The number of hydrogen-bond donors (Lipinski definition) is 1. The van der Waals surface area contributed by atoms with Crippen LogP contribution in [0.2, 0.25) is 0 Å². The number of nitriles is 1. The summed E-state index contributed by atoms with van der Waals surface area (Å²) in [6.07, 6.45) is 0. The van der Waals surface area contributed by atoms with Gasteiger partial charge in [0.15, 0.2) is 11.5 Å². The molecule has 1 aromatic rings. The lowest BCUT2D eigenvalue weighted by Gasteiger charge is -2.16. The summed E-state index contributed by atoms with van der Waals surface area (Å²) in [6.45, 7) is 4.01. The molecule has 0 aromatic heterocycles. The van der Waals surface area contributed by atoms with Crippen LogP contribution < -0.4 is 14.8 Å². The average Bonchev–Trinajstić information content (AvgIpc) is 2.34. The van der Waals surface area contributed by atoms with Crippen LogP contribution in [0.25, 0.3) is 0 Å². The molecule has 4 heteroatoms. The van der Waals surface area contributed by atoms with Crippen LogP contribution in [-0.2, 0) is 0 Å². The van der Waals surface area contributed by atoms with E-state index in [-0.39, 0.29) is 12.1 Å². The van der Waals surface area contributed by atoms with Crippen molar-refractivity contribution in [2.24, 2.45) is 0 Å². The Balaban J connectivity index is 3.01. The smallest absolute Gasteiger partial charge is 0.161 e. The molecule has 92 valence electrons. The van der Waals surface area contributed by atoms with Gasteiger partial charge in [0, 0.05) is 6.04 Å². The molecular formula is C13H18N2O2. The van der Waals surface area contributed by atoms with Crippen molar-refractivity contribution < 1.29 is 9.47 Å². The maximum absolute atomic E-state index is 9.13. The first-order valence-corrected chi connectivity index (χ1v) is 5.50. The highest BCUT2D eigenvalue weighted by Gasteiger charge is 2.14. The highest BCUT2D eigenvalue weighted by Crippen LogP contribution is 2.29. The Morgan fingerprint density at radius 1 is 1.18 bits per heavy atom. The second-order valence-corrected chi connectivity index (χ2v) is 4.00. The van der Waals surface area contributed by atoms with Crippen molar-refractivity contribution in [3.05, 3.63) is 23.8 Å². The van der Waals surface area contributed by atoms with E-state index in [2.05, 4.69) is 11.4 Å². The summed E-state index contributed by atoms with van der Waals surface area (Å²) in [7, 11) is 3.17. The third kappa shape index (κ3) is 3.36. The van der Waals surface area contributed by atoms with Crippen LogP contribution in [0, 0.1) is 11.3 Å². The lowest BCUT2D eigenvalue weighted by Crippen LogP contribution is -2.27. The molecule has 0 heterocycles. The molecule has 0 unspecified atom stereocenters. The van der Waals surface area contributed by atoms with Crippen molar-refractivity contribution in [3.63, 3.8) is 0 Å². The van der Waals surface area contributed by atoms with Gasteiger partial charge in [0.1, 0.15) is 6.04 Å². The Morgan fingerprint density at radius 2 is 1.82 bits per heavy atom. The van der Waals surface area contributed by atoms with E-state index in [0.29, 0.717) is 11.5 Å². The van der Waals surface area contributed by atoms with E-state index in [1.165, 1.54) is 0 Å². The number of ether oxygens (including phenoxy) is 2. The van der Waals surface area contributed by atoms with Gasteiger partial charge >= 0.3 is 0 Å². The van der Waals surface area contributed by atoms with Gasteiger partial charge in [0.2, 0.25) is 0 Å². The SMILES string of the molecule is COc1ccc([C@H](C#N)NC(C)C)cc1OC. The highest BCUT2D eigenvalue weighted by molar-refractivity contribution is 5.44. The zero-order chi connectivity index (χ0) is 12.8. The van der Waals surface area contributed by atoms with Crippen molar-refractivity contribution in [1.29, 1.82) is 5.26 Å². The van der Waals surface area contributed by atoms with Crippen LogP contribution in [0.4, 0.5) is 0 Å². The first-order valence-electron chi connectivity index (χ1n) is 5.50. The van der Waals surface area contributed by atoms with Gasteiger partial charge in [-0.3, -0.25) is 5.32 Å². The molecule has 0 aliphatic heterocycles. The van der Waals surface area contributed by atoms with Crippen molar-refractivity contribution in [1.82, 2.24) is 5.32 Å². The molecule has 0 bridgehead atoms. The molecule has 0 aliphatic carbocycles. The third-order valence-electron chi connectivity index (χ3n) is 2.37. The van der Waals surface area contributed by atoms with Gasteiger partial charge in [-0.05, 0) is 31.5 Å². The van der Waals surface area contributed by atoms with Crippen LogP contribution >= 0.6 is 0 Å². The fourth-order valence-electron chi connectivity index (χ4n) is 1.57. The third-order valence-corrected chi connectivity index (χ3v) is 2.37. The first kappa shape index (κ1) is 13.3. The Kier molecular flexibility index (Phi) is 4.80. The van der Waals surface area contributed by atoms with Crippen molar-refractivity contribution in [2.45, 2.75) is 25.9 Å². The Bertz CT molecular complexity index is 410. The second-order valence-electron chi connectivity index (χ2n) is 4.00. The van der Waals surface area contributed by atoms with Gasteiger partial charge in [-0.1, -0.05) is 6.07 Å². The maximum atomic E-state index is 9.13. The van der Waals surface area contributed by atoms with Gasteiger partial charge in [0.25, 0.3) is 0 Å². The van der Waals surface area contributed by atoms with Gasteiger partial charge in [-0.2, -0.15) is 5.26 Å². The predicted octanol–water partition coefficient (Wildman–Crippen LogP) is 2.27. The van der Waals surface area contributed by atoms with Crippen molar-refractivity contribution in [2.75, 3.05) is 14.2 Å². The molecule has 1 rings (SSSR count). The van der Waals surface area contributed by atoms with Crippen LogP contribution in [0.1, 0.15) is 25.5 Å². The summed E-state index contributed by atoms with van der Waals surface area (Å²) >= 11 is 0. The van der Waals surface area contributed by atoms with E-state index in [9.17, 15) is 0 Å². The molecule has 0 saturated heterocycles. The minimum absolute atomic E-state index is 0.243. The summed E-state index contributed by atoms with van der Waals surface area (Å²) in [6, 6.07) is 7.63. The zero-order valence-electron chi connectivity index (χ0n) is 10.7. The molecule has 0 radical (unpaired) electrons. The van der Waals surface area contributed by atoms with Crippen molar-refractivity contribution >= 4 is 0 Å². The zero-order valence-corrected chi connectivity index (χ0v) is 10.7. The Hall–Kier alpha value is -1.73. The fourth-order valence-corrected chi connectivity index (χ4v) is 1.57.